The molecule has 1 aliphatic rings. The highest BCUT2D eigenvalue weighted by Crippen LogP contribution is 2.33. The lowest BCUT2D eigenvalue weighted by Gasteiger charge is -2.20. The molecule has 4 nitrogen and oxygen atoms in total. The van der Waals surface area contributed by atoms with Crippen LogP contribution in [0.3, 0.4) is 0 Å². The molecule has 0 unspecified atom stereocenters. The molecule has 0 fully saturated rings. The molecule has 1 aromatic rings. The third-order valence-electron chi connectivity index (χ3n) is 2.57. The Bertz CT molecular complexity index is 473. The first-order valence-corrected chi connectivity index (χ1v) is 5.68. The van der Waals surface area contributed by atoms with Crippen LogP contribution >= 0.6 is 0 Å². The van der Waals surface area contributed by atoms with Crippen LogP contribution in [0.15, 0.2) is 30.6 Å². The number of fused-ring (bicyclic) bond motifs is 1. The Hall–Kier alpha value is -2.04. The van der Waals surface area contributed by atoms with E-state index in [9.17, 15) is 9.18 Å². The number of amides is 1. The van der Waals surface area contributed by atoms with E-state index in [1.54, 1.807) is 0 Å². The van der Waals surface area contributed by atoms with E-state index >= 15 is 0 Å². The minimum atomic E-state index is -0.982. The first kappa shape index (κ1) is 12.4. The smallest absolute Gasteiger partial charge is 0.279 e. The first-order valence-electron chi connectivity index (χ1n) is 5.68. The van der Waals surface area contributed by atoms with Crippen LogP contribution in [0, 0.1) is 0 Å². The highest BCUT2D eigenvalue weighted by atomic mass is 19.1. The Morgan fingerprint density at radius 3 is 2.94 bits per heavy atom. The Balaban J connectivity index is 1.97. The van der Waals surface area contributed by atoms with E-state index < -0.39 is 11.7 Å². The predicted octanol–water partition coefficient (Wildman–Crippen LogP) is 1.60. The molecule has 0 spiro atoms. The van der Waals surface area contributed by atoms with Crippen molar-refractivity contribution in [2.24, 2.45) is 0 Å². The van der Waals surface area contributed by atoms with Crippen LogP contribution < -0.4 is 14.8 Å². The molecule has 0 bridgehead atoms. The molecule has 0 aromatic heterocycles. The Morgan fingerprint density at radius 1 is 1.39 bits per heavy atom. The van der Waals surface area contributed by atoms with Crippen LogP contribution in [0.25, 0.3) is 0 Å². The molecule has 1 aromatic carbocycles. The van der Waals surface area contributed by atoms with Gasteiger partial charge in [-0.1, -0.05) is 18.7 Å². The normalized spacial score (nSPS) is 12.9. The fourth-order valence-corrected chi connectivity index (χ4v) is 1.74. The number of para-hydroxylation sites is 1. The molecule has 1 N–H and O–H groups in total. The maximum atomic E-state index is 12.4. The van der Waals surface area contributed by atoms with Gasteiger partial charge < -0.3 is 14.8 Å². The van der Waals surface area contributed by atoms with E-state index in [4.69, 9.17) is 9.47 Å². The molecule has 1 aliphatic heterocycles. The quantitative estimate of drug-likeness (QED) is 0.827. The van der Waals surface area contributed by atoms with Gasteiger partial charge in [-0.2, -0.15) is 0 Å². The van der Waals surface area contributed by atoms with E-state index in [1.165, 1.54) is 0 Å². The highest BCUT2D eigenvalue weighted by Gasteiger charge is 2.15. The predicted molar refractivity (Wildman–Crippen MR) is 64.4 cm³/mol. The molecule has 1 amide bonds. The molecule has 0 saturated heterocycles. The average Bonchev–Trinajstić information content (AvgIpc) is 2.38. The monoisotopic (exact) mass is 251 g/mol. The SMILES string of the molecule is C=C(F)C(=O)NCCc1cccc2c1OCCO2. The highest BCUT2D eigenvalue weighted by molar-refractivity contribution is 5.90. The number of nitrogens with one attached hydrogen (secondary N) is 1. The molecule has 5 heteroatoms. The number of hydrogen-bond donors (Lipinski definition) is 1. The molecule has 2 rings (SSSR count). The van der Waals surface area contributed by atoms with E-state index in [-0.39, 0.29) is 0 Å². The zero-order valence-electron chi connectivity index (χ0n) is 9.87. The lowest BCUT2D eigenvalue weighted by Crippen LogP contribution is -2.26. The van der Waals surface area contributed by atoms with Crippen molar-refractivity contribution in [3.05, 3.63) is 36.2 Å². The molecular formula is C13H14FNO3. The van der Waals surface area contributed by atoms with Gasteiger partial charge in [0.2, 0.25) is 0 Å². The molecule has 0 aliphatic carbocycles. The third kappa shape index (κ3) is 2.80. The lowest BCUT2D eigenvalue weighted by molar-refractivity contribution is -0.118. The zero-order chi connectivity index (χ0) is 13.0. The van der Waals surface area contributed by atoms with Gasteiger partial charge in [-0.3, -0.25) is 4.79 Å². The van der Waals surface area contributed by atoms with Gasteiger partial charge in [0.25, 0.3) is 5.91 Å². The Labute approximate surface area is 104 Å². The fraction of sp³-hybridized carbons (Fsp3) is 0.308. The van der Waals surface area contributed by atoms with Crippen molar-refractivity contribution < 1.29 is 18.7 Å². The van der Waals surface area contributed by atoms with Crippen LogP contribution in [0.4, 0.5) is 4.39 Å². The maximum absolute atomic E-state index is 12.4. The standard InChI is InChI=1S/C13H14FNO3/c1-9(14)13(16)15-6-5-10-3-2-4-11-12(10)18-8-7-17-11/h2-4H,1,5-8H2,(H,15,16). The summed E-state index contributed by atoms with van der Waals surface area (Å²) in [5.74, 6) is -0.348. The summed E-state index contributed by atoms with van der Waals surface area (Å²) < 4.78 is 23.4. The van der Waals surface area contributed by atoms with Crippen LogP contribution in [0.2, 0.25) is 0 Å². The Morgan fingerprint density at radius 2 is 2.17 bits per heavy atom. The zero-order valence-corrected chi connectivity index (χ0v) is 9.87. The van der Waals surface area contributed by atoms with Gasteiger partial charge in [-0.05, 0) is 18.1 Å². The Kier molecular flexibility index (Phi) is 3.82. The average molecular weight is 251 g/mol. The van der Waals surface area contributed by atoms with Gasteiger partial charge in [0, 0.05) is 6.54 Å². The van der Waals surface area contributed by atoms with Crippen LogP contribution in [0.5, 0.6) is 11.5 Å². The molecular weight excluding hydrogens is 237 g/mol. The van der Waals surface area contributed by atoms with Crippen molar-refractivity contribution in [1.82, 2.24) is 5.32 Å². The summed E-state index contributed by atoms with van der Waals surface area (Å²) in [4.78, 5) is 11.0. The van der Waals surface area contributed by atoms with Crippen LogP contribution in [0.1, 0.15) is 5.56 Å². The number of ether oxygens (including phenoxy) is 2. The van der Waals surface area contributed by atoms with Crippen molar-refractivity contribution in [3.8, 4) is 11.5 Å². The second-order valence-electron chi connectivity index (χ2n) is 3.85. The minimum Gasteiger partial charge on any atom is -0.486 e. The van der Waals surface area contributed by atoms with Gasteiger partial charge in [-0.15, -0.1) is 0 Å². The van der Waals surface area contributed by atoms with Gasteiger partial charge in [0.1, 0.15) is 13.2 Å². The van der Waals surface area contributed by atoms with E-state index in [1.807, 2.05) is 18.2 Å². The second-order valence-corrected chi connectivity index (χ2v) is 3.85. The van der Waals surface area contributed by atoms with Crippen molar-refractivity contribution in [2.75, 3.05) is 19.8 Å². The van der Waals surface area contributed by atoms with Gasteiger partial charge in [-0.25, -0.2) is 4.39 Å². The molecule has 96 valence electrons. The van der Waals surface area contributed by atoms with Crippen molar-refractivity contribution >= 4 is 5.91 Å². The summed E-state index contributed by atoms with van der Waals surface area (Å²) >= 11 is 0. The molecule has 0 saturated carbocycles. The maximum Gasteiger partial charge on any atom is 0.279 e. The lowest BCUT2D eigenvalue weighted by atomic mass is 10.1. The largest absolute Gasteiger partial charge is 0.486 e. The topological polar surface area (TPSA) is 47.6 Å². The summed E-state index contributed by atoms with van der Waals surface area (Å²) in [5, 5.41) is 2.43. The van der Waals surface area contributed by atoms with Crippen LogP contribution in [-0.4, -0.2) is 25.7 Å². The van der Waals surface area contributed by atoms with Crippen LogP contribution in [-0.2, 0) is 11.2 Å². The first-order chi connectivity index (χ1) is 8.68. The summed E-state index contributed by atoms with van der Waals surface area (Å²) in [6, 6.07) is 5.59. The molecule has 1 heterocycles. The summed E-state index contributed by atoms with van der Waals surface area (Å²) in [5.41, 5.74) is 0.928. The summed E-state index contributed by atoms with van der Waals surface area (Å²) in [6.07, 6.45) is 0.547. The third-order valence-corrected chi connectivity index (χ3v) is 2.57. The van der Waals surface area contributed by atoms with E-state index in [0.29, 0.717) is 37.7 Å². The van der Waals surface area contributed by atoms with Crippen molar-refractivity contribution in [1.29, 1.82) is 0 Å². The number of halogens is 1. The van der Waals surface area contributed by atoms with Crippen molar-refractivity contribution in [2.45, 2.75) is 6.42 Å². The van der Waals surface area contributed by atoms with Gasteiger partial charge in [0.15, 0.2) is 17.3 Å². The molecule has 0 atom stereocenters. The molecule has 0 radical (unpaired) electrons. The number of rotatable bonds is 4. The van der Waals surface area contributed by atoms with Crippen molar-refractivity contribution in [3.63, 3.8) is 0 Å². The second kappa shape index (κ2) is 5.53. The van der Waals surface area contributed by atoms with E-state index in [2.05, 4.69) is 11.9 Å². The minimum absolute atomic E-state index is 0.321. The number of carbonyl (C=O) groups excluding carboxylic acids is 1. The molecule has 18 heavy (non-hydrogen) atoms. The number of carbonyl (C=O) groups is 1. The number of hydrogen-bond acceptors (Lipinski definition) is 3. The summed E-state index contributed by atoms with van der Waals surface area (Å²) in [6.45, 7) is 4.30. The summed E-state index contributed by atoms with van der Waals surface area (Å²) in [7, 11) is 0. The fourth-order valence-electron chi connectivity index (χ4n) is 1.74. The number of benzene rings is 1. The van der Waals surface area contributed by atoms with E-state index in [0.717, 1.165) is 5.56 Å². The van der Waals surface area contributed by atoms with Gasteiger partial charge >= 0.3 is 0 Å². The van der Waals surface area contributed by atoms with Gasteiger partial charge in [0.05, 0.1) is 0 Å².